The number of anilines is 3. The van der Waals surface area contributed by atoms with Crippen LogP contribution in [-0.2, 0) is 5.60 Å². The Hall–Kier alpha value is -3.60. The molecule has 0 radical (unpaired) electrons. The van der Waals surface area contributed by atoms with E-state index in [1.807, 2.05) is 30.6 Å². The smallest absolute Gasteiger partial charge is 0.229 e. The first-order chi connectivity index (χ1) is 20.3. The maximum absolute atomic E-state index is 10.6. The molecule has 2 aliphatic heterocycles. The predicted molar refractivity (Wildman–Crippen MR) is 166 cm³/mol. The average molecular weight is 568 g/mol. The van der Waals surface area contributed by atoms with Gasteiger partial charge in [0.25, 0.3) is 0 Å². The summed E-state index contributed by atoms with van der Waals surface area (Å²) >= 11 is 0. The minimum Gasteiger partial charge on any atom is -0.384 e. The molecule has 0 atom stereocenters. The summed E-state index contributed by atoms with van der Waals surface area (Å²) in [6, 6.07) is 12.8. The van der Waals surface area contributed by atoms with Crippen LogP contribution in [0.5, 0.6) is 0 Å². The maximum Gasteiger partial charge on any atom is 0.229 e. The van der Waals surface area contributed by atoms with Crippen molar-refractivity contribution in [2.75, 3.05) is 56.5 Å². The molecule has 10 nitrogen and oxygen atoms in total. The Kier molecular flexibility index (Phi) is 7.08. The highest BCUT2D eigenvalue weighted by Crippen LogP contribution is 2.43. The number of likely N-dealkylation sites (N-methyl/N-ethyl adjacent to an activating group) is 1. The summed E-state index contributed by atoms with van der Waals surface area (Å²) in [6.07, 6.45) is 8.44. The second kappa shape index (κ2) is 10.9. The quantitative estimate of drug-likeness (QED) is 0.339. The third kappa shape index (κ3) is 5.58. The maximum atomic E-state index is 10.6. The number of pyridine rings is 2. The number of nitrogens with zero attached hydrogens (tertiary/aromatic N) is 8. The molecular formula is C32H41N9O. The second-order valence-corrected chi connectivity index (χ2v) is 12.7. The highest BCUT2D eigenvalue weighted by molar-refractivity contribution is 5.80. The number of piperazine rings is 1. The van der Waals surface area contributed by atoms with E-state index in [1.165, 1.54) is 44.7 Å². The van der Waals surface area contributed by atoms with Crippen LogP contribution < -0.4 is 10.2 Å². The molecule has 3 aliphatic rings. The van der Waals surface area contributed by atoms with Crippen molar-refractivity contribution in [2.24, 2.45) is 0 Å². The van der Waals surface area contributed by atoms with Crippen LogP contribution in [0.1, 0.15) is 56.8 Å². The van der Waals surface area contributed by atoms with Crippen LogP contribution in [0.4, 0.5) is 17.5 Å². The molecule has 2 N–H and O–H groups in total. The van der Waals surface area contributed by atoms with Crippen molar-refractivity contribution >= 4 is 28.5 Å². The molecular weight excluding hydrogens is 526 g/mol. The van der Waals surface area contributed by atoms with Crippen LogP contribution in [0.25, 0.3) is 16.9 Å². The fraction of sp³-hybridized carbons (Fsp3) is 0.500. The lowest BCUT2D eigenvalue weighted by molar-refractivity contribution is 0.0738. The van der Waals surface area contributed by atoms with E-state index in [-0.39, 0.29) is 0 Å². The SMILES string of the molecule is CN1CCN(C2CCN(c3ccc(Nc4ncc5cc(C6CC6)n(-c6cccc(C(C)(C)O)n6)c5n4)cn3)CC2)CC1. The van der Waals surface area contributed by atoms with Crippen molar-refractivity contribution in [1.82, 2.24) is 34.3 Å². The zero-order valence-corrected chi connectivity index (χ0v) is 24.9. The van der Waals surface area contributed by atoms with Gasteiger partial charge in [-0.1, -0.05) is 6.07 Å². The molecule has 2 saturated heterocycles. The molecule has 0 aromatic carbocycles. The third-order valence-electron chi connectivity index (χ3n) is 9.00. The fourth-order valence-electron chi connectivity index (χ4n) is 6.30. The molecule has 0 unspecified atom stereocenters. The van der Waals surface area contributed by atoms with Gasteiger partial charge in [-0.25, -0.2) is 15.0 Å². The Balaban J connectivity index is 1.07. The first kappa shape index (κ1) is 27.2. The van der Waals surface area contributed by atoms with Gasteiger partial charge < -0.3 is 20.2 Å². The van der Waals surface area contributed by atoms with Crippen LogP contribution >= 0.6 is 0 Å². The van der Waals surface area contributed by atoms with Crippen molar-refractivity contribution in [1.29, 1.82) is 0 Å². The van der Waals surface area contributed by atoms with Crippen molar-refractivity contribution in [3.63, 3.8) is 0 Å². The number of fused-ring (bicyclic) bond motifs is 1. The number of rotatable bonds is 7. The standard InChI is InChI=1S/C32H41N9O/c1-32(2,42)27-5-4-6-29(36-27)41-26(22-7-8-22)19-23-20-34-31(37-30(23)41)35-24-9-10-28(33-21-24)40-13-11-25(12-14-40)39-17-15-38(3)16-18-39/h4-6,9-10,19-22,25,42H,7-8,11-18H2,1-3H3,(H,34,35,37). The van der Waals surface area contributed by atoms with E-state index >= 15 is 0 Å². The topological polar surface area (TPSA) is 98.5 Å². The van der Waals surface area contributed by atoms with Gasteiger partial charge in [0.2, 0.25) is 5.95 Å². The highest BCUT2D eigenvalue weighted by atomic mass is 16.3. The number of hydrogen-bond acceptors (Lipinski definition) is 9. The average Bonchev–Trinajstić information content (AvgIpc) is 3.78. The summed E-state index contributed by atoms with van der Waals surface area (Å²) in [6.45, 7) is 10.3. The van der Waals surface area contributed by atoms with E-state index in [2.05, 4.69) is 54.8 Å². The van der Waals surface area contributed by atoms with Gasteiger partial charge >= 0.3 is 0 Å². The van der Waals surface area contributed by atoms with E-state index in [0.29, 0.717) is 23.6 Å². The van der Waals surface area contributed by atoms with Gasteiger partial charge in [0.05, 0.1) is 17.6 Å². The molecule has 1 aliphatic carbocycles. The molecule has 1 saturated carbocycles. The summed E-state index contributed by atoms with van der Waals surface area (Å²) in [5.74, 6) is 2.80. The van der Waals surface area contributed by atoms with Gasteiger partial charge in [-0.05, 0) is 82.8 Å². The largest absolute Gasteiger partial charge is 0.384 e. The lowest BCUT2D eigenvalue weighted by Crippen LogP contribution is -2.52. The minimum atomic E-state index is -1.03. The molecule has 0 bridgehead atoms. The number of hydrogen-bond donors (Lipinski definition) is 2. The van der Waals surface area contributed by atoms with E-state index in [1.54, 1.807) is 13.8 Å². The fourth-order valence-corrected chi connectivity index (χ4v) is 6.30. The van der Waals surface area contributed by atoms with Crippen molar-refractivity contribution in [3.05, 3.63) is 60.2 Å². The molecule has 4 aromatic rings. The number of nitrogens with one attached hydrogen (secondary N) is 1. The van der Waals surface area contributed by atoms with Crippen molar-refractivity contribution < 1.29 is 5.11 Å². The molecule has 3 fully saturated rings. The van der Waals surface area contributed by atoms with Crippen molar-refractivity contribution in [2.45, 2.75) is 57.1 Å². The van der Waals surface area contributed by atoms with Gasteiger partial charge in [0, 0.05) is 62.6 Å². The summed E-state index contributed by atoms with van der Waals surface area (Å²) in [5.41, 5.74) is 2.46. The molecule has 220 valence electrons. The lowest BCUT2D eigenvalue weighted by atomic mass is 10.0. The lowest BCUT2D eigenvalue weighted by Gasteiger charge is -2.42. The summed E-state index contributed by atoms with van der Waals surface area (Å²) < 4.78 is 2.13. The Morgan fingerprint density at radius 1 is 0.857 bits per heavy atom. The normalized spacial score (nSPS) is 19.5. The van der Waals surface area contributed by atoms with Crippen LogP contribution in [0.3, 0.4) is 0 Å². The van der Waals surface area contributed by atoms with Gasteiger partial charge in [0.15, 0.2) is 5.65 Å². The van der Waals surface area contributed by atoms with Gasteiger partial charge in [-0.2, -0.15) is 4.98 Å². The second-order valence-electron chi connectivity index (χ2n) is 12.7. The first-order valence-electron chi connectivity index (χ1n) is 15.3. The Morgan fingerprint density at radius 2 is 1.64 bits per heavy atom. The van der Waals surface area contributed by atoms with E-state index in [9.17, 15) is 5.11 Å². The number of piperidine rings is 1. The van der Waals surface area contributed by atoms with Gasteiger partial charge in [-0.15, -0.1) is 0 Å². The number of aromatic nitrogens is 5. The molecule has 10 heteroatoms. The predicted octanol–water partition coefficient (Wildman–Crippen LogP) is 4.28. The molecule has 7 rings (SSSR count). The molecule has 42 heavy (non-hydrogen) atoms. The Labute approximate surface area is 247 Å². The van der Waals surface area contributed by atoms with Crippen LogP contribution in [0, 0.1) is 0 Å². The zero-order valence-electron chi connectivity index (χ0n) is 24.9. The van der Waals surface area contributed by atoms with Gasteiger partial charge in [-0.3, -0.25) is 9.47 Å². The van der Waals surface area contributed by atoms with E-state index in [4.69, 9.17) is 15.0 Å². The Morgan fingerprint density at radius 3 is 2.33 bits per heavy atom. The minimum absolute atomic E-state index is 0.492. The summed E-state index contributed by atoms with van der Waals surface area (Å²) in [4.78, 5) is 26.7. The number of aliphatic hydroxyl groups is 1. The monoisotopic (exact) mass is 567 g/mol. The third-order valence-corrected chi connectivity index (χ3v) is 9.00. The Bertz CT molecular complexity index is 1540. The zero-order chi connectivity index (χ0) is 28.8. The molecule has 0 spiro atoms. The van der Waals surface area contributed by atoms with Crippen molar-refractivity contribution in [3.8, 4) is 5.82 Å². The van der Waals surface area contributed by atoms with Gasteiger partial charge in [0.1, 0.15) is 17.2 Å². The molecule has 0 amide bonds. The first-order valence-corrected chi connectivity index (χ1v) is 15.3. The summed E-state index contributed by atoms with van der Waals surface area (Å²) in [5, 5.41) is 14.9. The summed E-state index contributed by atoms with van der Waals surface area (Å²) in [7, 11) is 2.22. The van der Waals surface area contributed by atoms with Crippen LogP contribution in [0.2, 0.25) is 0 Å². The van der Waals surface area contributed by atoms with Crippen LogP contribution in [0.15, 0.2) is 48.8 Å². The highest BCUT2D eigenvalue weighted by Gasteiger charge is 2.30. The van der Waals surface area contributed by atoms with Crippen LogP contribution in [-0.4, -0.2) is 91.8 Å². The van der Waals surface area contributed by atoms with E-state index < -0.39 is 5.60 Å². The van der Waals surface area contributed by atoms with E-state index in [0.717, 1.165) is 54.3 Å². The molecule has 4 aromatic heterocycles. The molecule has 6 heterocycles.